The molecule has 0 saturated heterocycles. The van der Waals surface area contributed by atoms with Crippen molar-refractivity contribution in [3.05, 3.63) is 59.7 Å². The van der Waals surface area contributed by atoms with Crippen molar-refractivity contribution >= 4 is 0 Å². The third-order valence-electron chi connectivity index (χ3n) is 3.18. The molecule has 0 radical (unpaired) electrons. The molecule has 0 saturated carbocycles. The number of aromatic hydroxyl groups is 2. The monoisotopic (exact) mass is 257 g/mol. The molecule has 3 N–H and O–H groups in total. The molecular formula is C16H19NO2. The second kappa shape index (κ2) is 6.25. The van der Waals surface area contributed by atoms with Gasteiger partial charge in [0.2, 0.25) is 0 Å². The van der Waals surface area contributed by atoms with Gasteiger partial charge in [-0.1, -0.05) is 30.3 Å². The summed E-state index contributed by atoms with van der Waals surface area (Å²) in [5.41, 5.74) is 2.00. The summed E-state index contributed by atoms with van der Waals surface area (Å²) < 4.78 is 0. The van der Waals surface area contributed by atoms with Gasteiger partial charge in [-0.05, 0) is 43.7 Å². The molecule has 0 aliphatic carbocycles. The maximum atomic E-state index is 9.77. The molecule has 0 aliphatic heterocycles. The summed E-state index contributed by atoms with van der Waals surface area (Å²) in [5.74, 6) is 0.377. The average Bonchev–Trinajstić information content (AvgIpc) is 2.42. The van der Waals surface area contributed by atoms with Crippen LogP contribution in [-0.2, 0) is 6.42 Å². The third kappa shape index (κ3) is 3.73. The highest BCUT2D eigenvalue weighted by atomic mass is 16.3. The van der Waals surface area contributed by atoms with E-state index < -0.39 is 0 Å². The largest absolute Gasteiger partial charge is 0.508 e. The first-order valence-electron chi connectivity index (χ1n) is 6.46. The molecule has 0 amide bonds. The maximum absolute atomic E-state index is 9.77. The van der Waals surface area contributed by atoms with Crippen LogP contribution >= 0.6 is 0 Å². The Balaban J connectivity index is 1.91. The zero-order valence-corrected chi connectivity index (χ0v) is 11.0. The number of phenolic OH excluding ortho intramolecular Hbond substituents is 2. The van der Waals surface area contributed by atoms with Gasteiger partial charge >= 0.3 is 0 Å². The molecule has 2 aromatic rings. The summed E-state index contributed by atoms with van der Waals surface area (Å²) in [6.45, 7) is 2.79. The second-order valence-electron chi connectivity index (χ2n) is 4.65. The average molecular weight is 257 g/mol. The fourth-order valence-corrected chi connectivity index (χ4v) is 2.08. The first kappa shape index (κ1) is 13.4. The van der Waals surface area contributed by atoms with Gasteiger partial charge in [0.25, 0.3) is 0 Å². The molecule has 19 heavy (non-hydrogen) atoms. The number of benzene rings is 2. The second-order valence-corrected chi connectivity index (χ2v) is 4.65. The van der Waals surface area contributed by atoms with Gasteiger partial charge in [0.1, 0.15) is 11.5 Å². The fourth-order valence-electron chi connectivity index (χ4n) is 2.08. The minimum atomic E-state index is -0.00388. The van der Waals surface area contributed by atoms with E-state index in [1.54, 1.807) is 6.07 Å². The summed E-state index contributed by atoms with van der Waals surface area (Å²) in [6, 6.07) is 14.8. The lowest BCUT2D eigenvalue weighted by Gasteiger charge is -2.16. The molecule has 0 aliphatic rings. The number of rotatable bonds is 5. The lowest BCUT2D eigenvalue weighted by atomic mass is 10.1. The standard InChI is InChI=1S/C16H19NO2/c1-12(15-11-14(18)7-8-16(15)19)17-10-9-13-5-3-2-4-6-13/h2-8,11-12,17-19H,9-10H2,1H3. The SMILES string of the molecule is CC(NCCc1ccccc1)c1cc(O)ccc1O. The molecule has 1 unspecified atom stereocenters. The first-order chi connectivity index (χ1) is 9.16. The predicted octanol–water partition coefficient (Wildman–Crippen LogP) is 2.99. The minimum absolute atomic E-state index is 0.00388. The van der Waals surface area contributed by atoms with Gasteiger partial charge in [-0.15, -0.1) is 0 Å². The molecule has 100 valence electrons. The van der Waals surface area contributed by atoms with Gasteiger partial charge in [0.05, 0.1) is 0 Å². The van der Waals surface area contributed by atoms with Gasteiger partial charge in [0, 0.05) is 11.6 Å². The highest BCUT2D eigenvalue weighted by Gasteiger charge is 2.10. The zero-order valence-electron chi connectivity index (χ0n) is 11.0. The first-order valence-corrected chi connectivity index (χ1v) is 6.46. The van der Waals surface area contributed by atoms with Crippen LogP contribution in [0, 0.1) is 0 Å². The maximum Gasteiger partial charge on any atom is 0.120 e. The van der Waals surface area contributed by atoms with Gasteiger partial charge in [-0.25, -0.2) is 0 Å². The van der Waals surface area contributed by atoms with Crippen LogP contribution in [0.4, 0.5) is 0 Å². The summed E-state index contributed by atoms with van der Waals surface area (Å²) in [4.78, 5) is 0. The Labute approximate surface area is 113 Å². The van der Waals surface area contributed by atoms with E-state index in [0.717, 1.165) is 13.0 Å². The van der Waals surface area contributed by atoms with E-state index in [0.29, 0.717) is 5.56 Å². The molecule has 0 aromatic heterocycles. The molecule has 0 fully saturated rings. The Kier molecular flexibility index (Phi) is 4.42. The normalized spacial score (nSPS) is 12.3. The molecule has 2 rings (SSSR count). The highest BCUT2D eigenvalue weighted by molar-refractivity contribution is 5.40. The van der Waals surface area contributed by atoms with Crippen LogP contribution in [0.2, 0.25) is 0 Å². The number of nitrogens with one attached hydrogen (secondary N) is 1. The molecule has 0 bridgehead atoms. The van der Waals surface area contributed by atoms with Gasteiger partial charge in [-0.2, -0.15) is 0 Å². The molecule has 1 atom stereocenters. The van der Waals surface area contributed by atoms with Crippen LogP contribution in [0.3, 0.4) is 0 Å². The lowest BCUT2D eigenvalue weighted by Crippen LogP contribution is -2.21. The summed E-state index contributed by atoms with van der Waals surface area (Å²) >= 11 is 0. The summed E-state index contributed by atoms with van der Waals surface area (Å²) in [7, 11) is 0. The Bertz CT molecular complexity index is 526. The van der Waals surface area contributed by atoms with Crippen molar-refractivity contribution in [3.8, 4) is 11.5 Å². The van der Waals surface area contributed by atoms with E-state index in [1.165, 1.54) is 17.7 Å². The molecular weight excluding hydrogens is 238 g/mol. The van der Waals surface area contributed by atoms with Gasteiger partial charge < -0.3 is 15.5 Å². The van der Waals surface area contributed by atoms with Crippen LogP contribution in [0.15, 0.2) is 48.5 Å². The Morgan fingerprint density at radius 1 is 1.05 bits per heavy atom. The Morgan fingerprint density at radius 2 is 1.79 bits per heavy atom. The topological polar surface area (TPSA) is 52.5 Å². The highest BCUT2D eigenvalue weighted by Crippen LogP contribution is 2.27. The van der Waals surface area contributed by atoms with Crippen molar-refractivity contribution in [2.24, 2.45) is 0 Å². The van der Waals surface area contributed by atoms with E-state index >= 15 is 0 Å². The van der Waals surface area contributed by atoms with Crippen LogP contribution in [0.1, 0.15) is 24.1 Å². The summed E-state index contributed by atoms with van der Waals surface area (Å²) in [5, 5.41) is 22.6. The lowest BCUT2D eigenvalue weighted by molar-refractivity contribution is 0.441. The predicted molar refractivity (Wildman–Crippen MR) is 76.3 cm³/mol. The van der Waals surface area contributed by atoms with Gasteiger partial charge in [0.15, 0.2) is 0 Å². The zero-order chi connectivity index (χ0) is 13.7. The van der Waals surface area contributed by atoms with Crippen molar-refractivity contribution in [1.82, 2.24) is 5.32 Å². The van der Waals surface area contributed by atoms with Crippen molar-refractivity contribution in [1.29, 1.82) is 0 Å². The summed E-state index contributed by atoms with van der Waals surface area (Å²) in [6.07, 6.45) is 0.935. The molecule has 3 heteroatoms. The molecule has 3 nitrogen and oxygen atoms in total. The van der Waals surface area contributed by atoms with Crippen molar-refractivity contribution < 1.29 is 10.2 Å². The number of phenols is 2. The van der Waals surface area contributed by atoms with E-state index in [9.17, 15) is 10.2 Å². The van der Waals surface area contributed by atoms with Crippen LogP contribution in [-0.4, -0.2) is 16.8 Å². The minimum Gasteiger partial charge on any atom is -0.508 e. The number of hydrogen-bond acceptors (Lipinski definition) is 3. The van der Waals surface area contributed by atoms with Gasteiger partial charge in [-0.3, -0.25) is 0 Å². The number of hydrogen-bond donors (Lipinski definition) is 3. The third-order valence-corrected chi connectivity index (χ3v) is 3.18. The molecule has 0 heterocycles. The molecule has 0 spiro atoms. The molecule has 2 aromatic carbocycles. The van der Waals surface area contributed by atoms with E-state index in [-0.39, 0.29) is 17.5 Å². The van der Waals surface area contributed by atoms with Crippen molar-refractivity contribution in [3.63, 3.8) is 0 Å². The quantitative estimate of drug-likeness (QED) is 0.722. The van der Waals surface area contributed by atoms with Crippen LogP contribution in [0.5, 0.6) is 11.5 Å². The van der Waals surface area contributed by atoms with Crippen molar-refractivity contribution in [2.45, 2.75) is 19.4 Å². The van der Waals surface area contributed by atoms with E-state index in [2.05, 4.69) is 17.4 Å². The Hall–Kier alpha value is -2.00. The van der Waals surface area contributed by atoms with E-state index in [1.807, 2.05) is 25.1 Å². The van der Waals surface area contributed by atoms with Crippen LogP contribution in [0.25, 0.3) is 0 Å². The van der Waals surface area contributed by atoms with Crippen molar-refractivity contribution in [2.75, 3.05) is 6.54 Å². The fraction of sp³-hybridized carbons (Fsp3) is 0.250. The van der Waals surface area contributed by atoms with E-state index in [4.69, 9.17) is 0 Å². The van der Waals surface area contributed by atoms with Crippen LogP contribution < -0.4 is 5.32 Å². The smallest absolute Gasteiger partial charge is 0.120 e. The Morgan fingerprint density at radius 3 is 2.53 bits per heavy atom.